The Hall–Kier alpha value is -1.03. The summed E-state index contributed by atoms with van der Waals surface area (Å²) >= 11 is 0. The number of aryl methyl sites for hydroxylation is 1. The van der Waals surface area contributed by atoms with E-state index in [2.05, 4.69) is 30.8 Å². The van der Waals surface area contributed by atoms with Gasteiger partial charge in [0.1, 0.15) is 5.82 Å². The second kappa shape index (κ2) is 4.92. The predicted molar refractivity (Wildman–Crippen MR) is 75.9 cm³/mol. The predicted octanol–water partition coefficient (Wildman–Crippen LogP) is 2.04. The van der Waals surface area contributed by atoms with Crippen molar-refractivity contribution in [1.29, 1.82) is 0 Å². The van der Waals surface area contributed by atoms with Crippen molar-refractivity contribution >= 4 is 5.82 Å². The molecule has 2 heterocycles. The molecule has 1 saturated heterocycles. The van der Waals surface area contributed by atoms with E-state index < -0.39 is 0 Å². The SMILES string of the molecule is Cn1ncc(C(C)(C)C)c1N1CCC[C@@H](N)CC1. The number of nitrogens with zero attached hydrogens (tertiary/aromatic N) is 3. The van der Waals surface area contributed by atoms with Gasteiger partial charge in [-0.15, -0.1) is 0 Å². The third kappa shape index (κ3) is 2.69. The summed E-state index contributed by atoms with van der Waals surface area (Å²) in [6, 6.07) is 0.362. The molecule has 0 amide bonds. The molecule has 1 aromatic rings. The molecule has 4 heteroatoms. The number of aromatic nitrogens is 2. The molecule has 2 rings (SSSR count). The molecule has 1 fully saturated rings. The van der Waals surface area contributed by atoms with E-state index >= 15 is 0 Å². The van der Waals surface area contributed by atoms with Crippen LogP contribution < -0.4 is 10.6 Å². The first-order valence-electron chi connectivity index (χ1n) is 6.92. The summed E-state index contributed by atoms with van der Waals surface area (Å²) in [4.78, 5) is 2.46. The average Bonchev–Trinajstić information content (AvgIpc) is 2.52. The summed E-state index contributed by atoms with van der Waals surface area (Å²) in [5, 5.41) is 4.45. The summed E-state index contributed by atoms with van der Waals surface area (Å²) in [5.41, 5.74) is 7.53. The van der Waals surface area contributed by atoms with Crippen LogP contribution in [0.3, 0.4) is 0 Å². The minimum absolute atomic E-state index is 0.137. The zero-order valence-electron chi connectivity index (χ0n) is 12.1. The molecule has 0 aromatic carbocycles. The second-order valence-corrected chi connectivity index (χ2v) is 6.43. The molecule has 1 aliphatic heterocycles. The van der Waals surface area contributed by atoms with Gasteiger partial charge >= 0.3 is 0 Å². The maximum atomic E-state index is 6.06. The lowest BCUT2D eigenvalue weighted by atomic mass is 9.88. The van der Waals surface area contributed by atoms with Gasteiger partial charge in [-0.3, -0.25) is 4.68 Å². The number of nitrogens with two attached hydrogens (primary N) is 1. The summed E-state index contributed by atoms with van der Waals surface area (Å²) in [5.74, 6) is 1.27. The number of hydrogen-bond donors (Lipinski definition) is 1. The van der Waals surface area contributed by atoms with E-state index in [4.69, 9.17) is 5.73 Å². The fraction of sp³-hybridized carbons (Fsp3) is 0.786. The minimum Gasteiger partial charge on any atom is -0.357 e. The smallest absolute Gasteiger partial charge is 0.130 e. The Morgan fingerprint density at radius 2 is 2.00 bits per heavy atom. The topological polar surface area (TPSA) is 47.1 Å². The standard InChI is InChI=1S/C14H26N4/c1-14(2,3)12-10-16-17(4)13(12)18-8-5-6-11(15)7-9-18/h10-11H,5-9,15H2,1-4H3/t11-/m1/s1. The molecular formula is C14H26N4. The van der Waals surface area contributed by atoms with Crippen molar-refractivity contribution in [3.05, 3.63) is 11.8 Å². The Morgan fingerprint density at radius 3 is 2.67 bits per heavy atom. The first-order valence-corrected chi connectivity index (χ1v) is 6.92. The molecule has 1 aromatic heterocycles. The molecule has 0 saturated carbocycles. The quantitative estimate of drug-likeness (QED) is 0.829. The van der Waals surface area contributed by atoms with Crippen molar-refractivity contribution in [2.75, 3.05) is 18.0 Å². The molecule has 0 radical (unpaired) electrons. The van der Waals surface area contributed by atoms with Gasteiger partial charge in [0.2, 0.25) is 0 Å². The van der Waals surface area contributed by atoms with Crippen LogP contribution in [0.4, 0.5) is 5.82 Å². The third-order valence-electron chi connectivity index (χ3n) is 3.79. The third-order valence-corrected chi connectivity index (χ3v) is 3.79. The summed E-state index contributed by atoms with van der Waals surface area (Å²) < 4.78 is 2.01. The Morgan fingerprint density at radius 1 is 1.28 bits per heavy atom. The number of rotatable bonds is 1. The monoisotopic (exact) mass is 250 g/mol. The van der Waals surface area contributed by atoms with Gasteiger partial charge in [-0.25, -0.2) is 0 Å². The van der Waals surface area contributed by atoms with Crippen LogP contribution in [0.5, 0.6) is 0 Å². The summed E-state index contributed by atoms with van der Waals surface area (Å²) in [6.45, 7) is 8.88. The molecule has 0 bridgehead atoms. The highest BCUT2D eigenvalue weighted by molar-refractivity contribution is 5.50. The maximum Gasteiger partial charge on any atom is 0.130 e. The van der Waals surface area contributed by atoms with Crippen LogP contribution in [0.2, 0.25) is 0 Å². The lowest BCUT2D eigenvalue weighted by molar-refractivity contribution is 0.582. The first kappa shape index (κ1) is 13.4. The van der Waals surface area contributed by atoms with Crippen LogP contribution in [0.15, 0.2) is 6.20 Å². The zero-order chi connectivity index (χ0) is 13.3. The minimum atomic E-state index is 0.137. The van der Waals surface area contributed by atoms with Gasteiger partial charge in [0.25, 0.3) is 0 Å². The van der Waals surface area contributed by atoms with E-state index in [-0.39, 0.29) is 5.41 Å². The normalized spacial score (nSPS) is 22.1. The largest absolute Gasteiger partial charge is 0.357 e. The van der Waals surface area contributed by atoms with Gasteiger partial charge in [-0.05, 0) is 24.7 Å². The van der Waals surface area contributed by atoms with Gasteiger partial charge < -0.3 is 10.6 Å². The number of anilines is 1. The fourth-order valence-electron chi connectivity index (χ4n) is 2.67. The molecule has 1 aliphatic rings. The van der Waals surface area contributed by atoms with Crippen molar-refractivity contribution in [3.63, 3.8) is 0 Å². The molecular weight excluding hydrogens is 224 g/mol. The lowest BCUT2D eigenvalue weighted by Crippen LogP contribution is -2.30. The summed E-state index contributed by atoms with van der Waals surface area (Å²) in [7, 11) is 2.04. The van der Waals surface area contributed by atoms with Gasteiger partial charge in [-0.2, -0.15) is 5.10 Å². The van der Waals surface area contributed by atoms with E-state index in [0.29, 0.717) is 6.04 Å². The van der Waals surface area contributed by atoms with E-state index in [1.54, 1.807) is 0 Å². The molecule has 1 atom stereocenters. The summed E-state index contributed by atoms with van der Waals surface area (Å²) in [6.07, 6.45) is 5.41. The molecule has 2 N–H and O–H groups in total. The van der Waals surface area contributed by atoms with Crippen LogP contribution >= 0.6 is 0 Å². The van der Waals surface area contributed by atoms with Crippen LogP contribution in [0.25, 0.3) is 0 Å². The van der Waals surface area contributed by atoms with Gasteiger partial charge in [0.05, 0.1) is 6.20 Å². The van der Waals surface area contributed by atoms with Crippen molar-refractivity contribution in [3.8, 4) is 0 Å². The average molecular weight is 250 g/mol. The molecule has 0 spiro atoms. The Kier molecular flexibility index (Phi) is 3.66. The molecule has 0 unspecified atom stereocenters. The van der Waals surface area contributed by atoms with Crippen LogP contribution in [-0.4, -0.2) is 28.9 Å². The van der Waals surface area contributed by atoms with Crippen molar-refractivity contribution in [2.45, 2.75) is 51.5 Å². The highest BCUT2D eigenvalue weighted by Crippen LogP contribution is 2.32. The molecule has 102 valence electrons. The highest BCUT2D eigenvalue weighted by Gasteiger charge is 2.26. The van der Waals surface area contributed by atoms with Gasteiger partial charge in [0.15, 0.2) is 0 Å². The van der Waals surface area contributed by atoms with Crippen LogP contribution in [-0.2, 0) is 12.5 Å². The van der Waals surface area contributed by atoms with E-state index in [1.165, 1.54) is 17.8 Å². The van der Waals surface area contributed by atoms with Gasteiger partial charge in [0, 0.05) is 31.7 Å². The van der Waals surface area contributed by atoms with Crippen LogP contribution in [0.1, 0.15) is 45.6 Å². The Labute approximate surface area is 110 Å². The number of hydrogen-bond acceptors (Lipinski definition) is 3. The molecule has 18 heavy (non-hydrogen) atoms. The Bertz CT molecular complexity index is 402. The molecule has 4 nitrogen and oxygen atoms in total. The fourth-order valence-corrected chi connectivity index (χ4v) is 2.67. The van der Waals surface area contributed by atoms with Crippen LogP contribution in [0, 0.1) is 0 Å². The highest BCUT2D eigenvalue weighted by atomic mass is 15.4. The second-order valence-electron chi connectivity index (χ2n) is 6.43. The Balaban J connectivity index is 2.29. The van der Waals surface area contributed by atoms with E-state index in [0.717, 1.165) is 25.9 Å². The van der Waals surface area contributed by atoms with E-state index in [9.17, 15) is 0 Å². The van der Waals surface area contributed by atoms with Crippen molar-refractivity contribution in [2.24, 2.45) is 12.8 Å². The maximum absolute atomic E-state index is 6.06. The van der Waals surface area contributed by atoms with E-state index in [1.807, 2.05) is 17.9 Å². The first-order chi connectivity index (χ1) is 8.39. The zero-order valence-corrected chi connectivity index (χ0v) is 12.1. The van der Waals surface area contributed by atoms with Crippen molar-refractivity contribution < 1.29 is 0 Å². The molecule has 0 aliphatic carbocycles. The van der Waals surface area contributed by atoms with Crippen molar-refractivity contribution in [1.82, 2.24) is 9.78 Å². The van der Waals surface area contributed by atoms with Gasteiger partial charge in [-0.1, -0.05) is 20.8 Å². The lowest BCUT2D eigenvalue weighted by Gasteiger charge is -2.28.